The van der Waals surface area contributed by atoms with Gasteiger partial charge in [0.25, 0.3) is 0 Å². The van der Waals surface area contributed by atoms with Crippen LogP contribution in [0.5, 0.6) is 0 Å². The summed E-state index contributed by atoms with van der Waals surface area (Å²) in [6.07, 6.45) is 3.98. The zero-order chi connectivity index (χ0) is 18.0. The zero-order valence-electron chi connectivity index (χ0n) is 15.0. The van der Waals surface area contributed by atoms with Crippen LogP contribution < -0.4 is 0 Å². The third kappa shape index (κ3) is 4.35. The lowest BCUT2D eigenvalue weighted by atomic mass is 9.85. The predicted octanol–water partition coefficient (Wildman–Crippen LogP) is 3.63. The number of carbonyl (C=O) groups excluding carboxylic acids is 1. The van der Waals surface area contributed by atoms with E-state index in [1.54, 1.807) is 6.20 Å². The van der Waals surface area contributed by atoms with Crippen LogP contribution in [0.1, 0.15) is 55.8 Å². The van der Waals surface area contributed by atoms with E-state index in [0.29, 0.717) is 12.8 Å². The van der Waals surface area contributed by atoms with Crippen molar-refractivity contribution in [3.63, 3.8) is 0 Å². The predicted molar refractivity (Wildman–Crippen MR) is 92.2 cm³/mol. The van der Waals surface area contributed by atoms with E-state index in [2.05, 4.69) is 16.0 Å². The van der Waals surface area contributed by atoms with Gasteiger partial charge in [0.1, 0.15) is 0 Å². The summed E-state index contributed by atoms with van der Waals surface area (Å²) in [6, 6.07) is 4.11. The molecule has 0 aromatic carbocycles. The molecule has 0 N–H and O–H groups in total. The minimum absolute atomic E-state index is 0.0545. The second-order valence-corrected chi connectivity index (χ2v) is 7.64. The highest BCUT2D eigenvalue weighted by Crippen LogP contribution is 2.40. The lowest BCUT2D eigenvalue weighted by molar-refractivity contribution is -0.140. The largest absolute Gasteiger partial charge is 0.335 e. The Morgan fingerprint density at radius 2 is 2.04 bits per heavy atom. The molecule has 4 nitrogen and oxygen atoms in total. The summed E-state index contributed by atoms with van der Waals surface area (Å²) < 4.78 is 26.7. The minimum Gasteiger partial charge on any atom is -0.335 e. The third-order valence-corrected chi connectivity index (χ3v) is 5.31. The molecule has 6 heteroatoms. The molecule has 138 valence electrons. The van der Waals surface area contributed by atoms with Gasteiger partial charge in [-0.05, 0) is 57.5 Å². The van der Waals surface area contributed by atoms with Crippen LogP contribution >= 0.6 is 0 Å². The molecule has 0 radical (unpaired) electrons. The molecule has 1 aliphatic carbocycles. The standard InChI is InChI=1S/C19H27F2N3O/c1-23(2)13-16-12-15(7-10-22-16)17-4-3-11-24(17)18(25)14-5-8-19(20,21)9-6-14/h7,10,12,14,17H,3-6,8-9,11,13H2,1-2H3. The smallest absolute Gasteiger partial charge is 0.248 e. The molecule has 1 unspecified atom stereocenters. The Bertz CT molecular complexity index is 610. The van der Waals surface area contributed by atoms with E-state index in [9.17, 15) is 13.6 Å². The fourth-order valence-electron chi connectivity index (χ4n) is 4.01. The van der Waals surface area contributed by atoms with Gasteiger partial charge in [-0.3, -0.25) is 9.78 Å². The summed E-state index contributed by atoms with van der Waals surface area (Å²) in [7, 11) is 4.00. The fourth-order valence-corrected chi connectivity index (χ4v) is 4.01. The number of hydrogen-bond donors (Lipinski definition) is 0. The molecule has 1 aromatic heterocycles. The third-order valence-electron chi connectivity index (χ3n) is 5.31. The highest BCUT2D eigenvalue weighted by Gasteiger charge is 2.40. The van der Waals surface area contributed by atoms with Crippen LogP contribution in [-0.4, -0.2) is 47.3 Å². The van der Waals surface area contributed by atoms with Gasteiger partial charge in [0, 0.05) is 38.0 Å². The Morgan fingerprint density at radius 1 is 1.32 bits per heavy atom. The van der Waals surface area contributed by atoms with Crippen molar-refractivity contribution in [3.8, 4) is 0 Å². The highest BCUT2D eigenvalue weighted by molar-refractivity contribution is 5.79. The SMILES string of the molecule is CN(C)Cc1cc(C2CCCN2C(=O)C2CCC(F)(F)CC2)ccn1. The number of rotatable bonds is 4. The molecular formula is C19H27F2N3O. The number of likely N-dealkylation sites (tertiary alicyclic amines) is 1. The van der Waals surface area contributed by atoms with Gasteiger partial charge in [-0.2, -0.15) is 0 Å². The number of nitrogens with zero attached hydrogens (tertiary/aromatic N) is 3. The maximum absolute atomic E-state index is 13.4. The van der Waals surface area contributed by atoms with Crippen LogP contribution in [0.15, 0.2) is 18.3 Å². The maximum Gasteiger partial charge on any atom is 0.248 e. The Hall–Kier alpha value is -1.56. The summed E-state index contributed by atoms with van der Waals surface area (Å²) in [5, 5.41) is 0. The normalized spacial score (nSPS) is 24.0. The molecule has 25 heavy (non-hydrogen) atoms. The lowest BCUT2D eigenvalue weighted by Gasteiger charge is -2.33. The topological polar surface area (TPSA) is 36.4 Å². The molecule has 1 aliphatic heterocycles. The second-order valence-electron chi connectivity index (χ2n) is 7.64. The van der Waals surface area contributed by atoms with Crippen LogP contribution in [0.3, 0.4) is 0 Å². The van der Waals surface area contributed by atoms with Gasteiger partial charge in [0.05, 0.1) is 11.7 Å². The van der Waals surface area contributed by atoms with Crippen molar-refractivity contribution in [3.05, 3.63) is 29.6 Å². The highest BCUT2D eigenvalue weighted by atomic mass is 19.3. The maximum atomic E-state index is 13.4. The number of aromatic nitrogens is 1. The summed E-state index contributed by atoms with van der Waals surface area (Å²) in [4.78, 5) is 21.3. The van der Waals surface area contributed by atoms with E-state index >= 15 is 0 Å². The van der Waals surface area contributed by atoms with Crippen LogP contribution in [0.25, 0.3) is 0 Å². The fraction of sp³-hybridized carbons (Fsp3) is 0.684. The number of hydrogen-bond acceptors (Lipinski definition) is 3. The summed E-state index contributed by atoms with van der Waals surface area (Å²) in [5.74, 6) is -2.78. The summed E-state index contributed by atoms with van der Waals surface area (Å²) >= 11 is 0. The number of carbonyl (C=O) groups is 1. The molecule has 2 aliphatic rings. The van der Waals surface area contributed by atoms with E-state index < -0.39 is 5.92 Å². The van der Waals surface area contributed by atoms with E-state index in [-0.39, 0.29) is 30.7 Å². The molecule has 0 bridgehead atoms. The Morgan fingerprint density at radius 3 is 2.72 bits per heavy atom. The van der Waals surface area contributed by atoms with Crippen LogP contribution in [0.2, 0.25) is 0 Å². The van der Waals surface area contributed by atoms with Crippen molar-refractivity contribution in [2.24, 2.45) is 5.92 Å². The number of halogens is 2. The minimum atomic E-state index is -2.59. The molecule has 0 spiro atoms. The Labute approximate surface area is 148 Å². The van der Waals surface area contributed by atoms with Gasteiger partial charge in [0.2, 0.25) is 11.8 Å². The lowest BCUT2D eigenvalue weighted by Crippen LogP contribution is -2.39. The van der Waals surface area contributed by atoms with Gasteiger partial charge in [-0.15, -0.1) is 0 Å². The summed E-state index contributed by atoms with van der Waals surface area (Å²) in [5.41, 5.74) is 2.10. The van der Waals surface area contributed by atoms with Gasteiger partial charge >= 0.3 is 0 Å². The number of pyridine rings is 1. The quantitative estimate of drug-likeness (QED) is 0.831. The molecule has 1 aromatic rings. The number of amides is 1. The molecular weight excluding hydrogens is 324 g/mol. The Kier molecular flexibility index (Phi) is 5.37. The Balaban J connectivity index is 1.71. The molecule has 1 saturated carbocycles. The van der Waals surface area contributed by atoms with E-state index in [0.717, 1.165) is 37.2 Å². The number of alkyl halides is 2. The van der Waals surface area contributed by atoms with Gasteiger partial charge in [-0.25, -0.2) is 8.78 Å². The second kappa shape index (κ2) is 7.36. The van der Waals surface area contributed by atoms with Crippen molar-refractivity contribution in [1.29, 1.82) is 0 Å². The first-order valence-electron chi connectivity index (χ1n) is 9.13. The van der Waals surface area contributed by atoms with Crippen LogP contribution in [-0.2, 0) is 11.3 Å². The first-order chi connectivity index (χ1) is 11.9. The van der Waals surface area contributed by atoms with Crippen LogP contribution in [0, 0.1) is 5.92 Å². The molecule has 2 fully saturated rings. The molecule has 1 saturated heterocycles. The van der Waals surface area contributed by atoms with Gasteiger partial charge in [-0.1, -0.05) is 0 Å². The summed E-state index contributed by atoms with van der Waals surface area (Å²) in [6.45, 7) is 1.48. The van der Waals surface area contributed by atoms with Crippen LogP contribution in [0.4, 0.5) is 8.78 Å². The van der Waals surface area contributed by atoms with Crippen molar-refractivity contribution in [1.82, 2.24) is 14.8 Å². The van der Waals surface area contributed by atoms with Gasteiger partial charge in [0.15, 0.2) is 0 Å². The molecule has 3 rings (SSSR count). The molecule has 2 heterocycles. The van der Waals surface area contributed by atoms with Crippen molar-refractivity contribution in [2.75, 3.05) is 20.6 Å². The average molecular weight is 351 g/mol. The first kappa shape index (κ1) is 18.2. The molecule has 1 amide bonds. The molecule has 1 atom stereocenters. The monoisotopic (exact) mass is 351 g/mol. The van der Waals surface area contributed by atoms with E-state index in [1.165, 1.54) is 0 Å². The first-order valence-corrected chi connectivity index (χ1v) is 9.13. The van der Waals surface area contributed by atoms with Crippen molar-refractivity contribution < 1.29 is 13.6 Å². The van der Waals surface area contributed by atoms with E-state index in [1.807, 2.05) is 25.1 Å². The van der Waals surface area contributed by atoms with E-state index in [4.69, 9.17) is 0 Å². The van der Waals surface area contributed by atoms with Gasteiger partial charge < -0.3 is 9.80 Å². The zero-order valence-corrected chi connectivity index (χ0v) is 15.0. The van der Waals surface area contributed by atoms with Crippen molar-refractivity contribution in [2.45, 2.75) is 57.0 Å². The average Bonchev–Trinajstić information content (AvgIpc) is 3.03. The van der Waals surface area contributed by atoms with Crippen molar-refractivity contribution >= 4 is 5.91 Å².